The van der Waals surface area contributed by atoms with Gasteiger partial charge in [0.1, 0.15) is 17.0 Å². The van der Waals surface area contributed by atoms with Crippen molar-refractivity contribution in [1.29, 1.82) is 0 Å². The van der Waals surface area contributed by atoms with Gasteiger partial charge < -0.3 is 19.9 Å². The van der Waals surface area contributed by atoms with Crippen LogP contribution in [-0.4, -0.2) is 38.6 Å². The van der Waals surface area contributed by atoms with Crippen LogP contribution >= 0.6 is 24.4 Å². The topological polar surface area (TPSA) is 70.4 Å². The van der Waals surface area contributed by atoms with Crippen LogP contribution in [-0.2, 0) is 4.74 Å². The molecule has 8 heteroatoms. The third-order valence-electron chi connectivity index (χ3n) is 3.06. The molecule has 18 heavy (non-hydrogen) atoms. The Hall–Kier alpha value is -0.670. The Bertz CT molecular complexity index is 559. The fourth-order valence-corrected chi connectivity index (χ4v) is 2.48. The van der Waals surface area contributed by atoms with Crippen molar-refractivity contribution in [3.05, 3.63) is 21.4 Å². The molecule has 0 spiro atoms. The molecule has 0 aliphatic carbocycles. The maximum absolute atomic E-state index is 13.4. The first-order chi connectivity index (χ1) is 8.45. The van der Waals surface area contributed by atoms with Crippen LogP contribution in [0.15, 0.2) is 6.20 Å². The zero-order valence-electron chi connectivity index (χ0n) is 9.54. The number of halogens is 1. The lowest BCUT2D eigenvalue weighted by molar-refractivity contribution is -0.0473. The minimum atomic E-state index is -0.826. The van der Waals surface area contributed by atoms with E-state index in [-0.39, 0.29) is 21.9 Å². The summed E-state index contributed by atoms with van der Waals surface area (Å²) < 4.78 is 20.4. The zero-order valence-corrected chi connectivity index (χ0v) is 11.2. The quantitative estimate of drug-likeness (QED) is 0.717. The number of aromatic amines is 1. The highest BCUT2D eigenvalue weighted by Crippen LogP contribution is 2.34. The van der Waals surface area contributed by atoms with Crippen LogP contribution in [0.5, 0.6) is 0 Å². The van der Waals surface area contributed by atoms with Crippen molar-refractivity contribution in [2.75, 3.05) is 6.61 Å². The van der Waals surface area contributed by atoms with E-state index in [0.29, 0.717) is 0 Å². The summed E-state index contributed by atoms with van der Waals surface area (Å²) in [4.78, 5) is 2.55. The SMILES string of the molecule is C[C@H]1C(O)[C@@H](CO)O[C@H]1n1cc(F)c(=S)[nH]c1=S. The van der Waals surface area contributed by atoms with Crippen LogP contribution in [0.3, 0.4) is 0 Å². The van der Waals surface area contributed by atoms with Gasteiger partial charge in [0.25, 0.3) is 0 Å². The first-order valence-corrected chi connectivity index (χ1v) is 6.22. The van der Waals surface area contributed by atoms with Crippen LogP contribution in [0.2, 0.25) is 0 Å². The van der Waals surface area contributed by atoms with E-state index in [1.54, 1.807) is 6.92 Å². The average molecular weight is 292 g/mol. The first kappa shape index (κ1) is 13.8. The number of aromatic nitrogens is 2. The molecule has 100 valence electrons. The van der Waals surface area contributed by atoms with E-state index >= 15 is 0 Å². The Morgan fingerprint density at radius 1 is 1.56 bits per heavy atom. The lowest BCUT2D eigenvalue weighted by Crippen LogP contribution is -2.28. The fourth-order valence-electron chi connectivity index (χ4n) is 2.01. The van der Waals surface area contributed by atoms with Gasteiger partial charge in [-0.2, -0.15) is 0 Å². The number of H-pyrrole nitrogens is 1. The van der Waals surface area contributed by atoms with Gasteiger partial charge in [-0.1, -0.05) is 19.1 Å². The van der Waals surface area contributed by atoms with Crippen molar-refractivity contribution in [3.8, 4) is 0 Å². The fraction of sp³-hybridized carbons (Fsp3) is 0.600. The minimum Gasteiger partial charge on any atom is -0.394 e. The molecule has 5 nitrogen and oxygen atoms in total. The summed E-state index contributed by atoms with van der Waals surface area (Å²) in [6.07, 6.45) is -1.01. The number of aliphatic hydroxyl groups excluding tert-OH is 2. The molecular weight excluding hydrogens is 279 g/mol. The van der Waals surface area contributed by atoms with Gasteiger partial charge in [0.15, 0.2) is 10.6 Å². The third-order valence-corrected chi connectivity index (χ3v) is 3.67. The van der Waals surface area contributed by atoms with Crippen molar-refractivity contribution >= 4 is 24.4 Å². The number of nitrogens with one attached hydrogen (secondary N) is 1. The predicted molar refractivity (Wildman–Crippen MR) is 66.6 cm³/mol. The van der Waals surface area contributed by atoms with Gasteiger partial charge in [-0.3, -0.25) is 4.57 Å². The third kappa shape index (κ3) is 2.26. The molecule has 1 fully saturated rings. The summed E-state index contributed by atoms with van der Waals surface area (Å²) >= 11 is 9.79. The number of hydrogen-bond acceptors (Lipinski definition) is 5. The highest BCUT2D eigenvalue weighted by molar-refractivity contribution is 7.72. The van der Waals surface area contributed by atoms with E-state index in [9.17, 15) is 9.50 Å². The number of rotatable bonds is 2. The van der Waals surface area contributed by atoms with E-state index in [4.69, 9.17) is 34.3 Å². The van der Waals surface area contributed by atoms with Gasteiger partial charge in [-0.25, -0.2) is 4.39 Å². The summed E-state index contributed by atoms with van der Waals surface area (Å²) in [6, 6.07) is 0. The van der Waals surface area contributed by atoms with Crippen molar-refractivity contribution in [2.45, 2.75) is 25.4 Å². The molecule has 0 aromatic carbocycles. The largest absolute Gasteiger partial charge is 0.394 e. The second-order valence-electron chi connectivity index (χ2n) is 4.24. The summed E-state index contributed by atoms with van der Waals surface area (Å²) in [5.41, 5.74) is 0. The van der Waals surface area contributed by atoms with Gasteiger partial charge in [-0.15, -0.1) is 0 Å². The zero-order chi connectivity index (χ0) is 13.4. The standard InChI is InChI=1S/C10H13FN2O3S2/c1-4-7(15)6(3-14)16-9(4)13-2-5(11)8(17)12-10(13)18/h2,4,6-7,9,14-15H,3H2,1H3,(H,12,17,18)/t4-,6+,7?,9+/m0/s1. The molecule has 4 atom stereocenters. The van der Waals surface area contributed by atoms with Crippen LogP contribution in [0.4, 0.5) is 4.39 Å². The molecule has 1 aromatic rings. The van der Waals surface area contributed by atoms with Gasteiger partial charge >= 0.3 is 0 Å². The summed E-state index contributed by atoms with van der Waals surface area (Å²) in [6.45, 7) is 1.44. The average Bonchev–Trinajstić information content (AvgIpc) is 2.61. The predicted octanol–water partition coefficient (Wildman–Crippen LogP) is 1.30. The smallest absolute Gasteiger partial charge is 0.180 e. The maximum atomic E-state index is 13.4. The molecule has 0 bridgehead atoms. The molecule has 1 aliphatic heterocycles. The van der Waals surface area contributed by atoms with Crippen molar-refractivity contribution < 1.29 is 19.3 Å². The van der Waals surface area contributed by atoms with E-state index in [2.05, 4.69) is 4.98 Å². The molecule has 1 aromatic heterocycles. The summed E-state index contributed by atoms with van der Waals surface area (Å²) in [5.74, 6) is -0.936. The van der Waals surface area contributed by atoms with Gasteiger partial charge in [-0.05, 0) is 12.2 Å². The second kappa shape index (κ2) is 5.14. The molecule has 2 heterocycles. The molecule has 1 aliphatic rings. The van der Waals surface area contributed by atoms with Gasteiger partial charge in [0, 0.05) is 12.1 Å². The maximum Gasteiger partial charge on any atom is 0.180 e. The minimum absolute atomic E-state index is 0.0684. The van der Waals surface area contributed by atoms with E-state index in [1.165, 1.54) is 4.57 Å². The molecule has 0 saturated carbocycles. The number of nitrogens with zero attached hydrogens (tertiary/aromatic N) is 1. The molecule has 1 unspecified atom stereocenters. The Labute approximate surface area is 113 Å². The van der Waals surface area contributed by atoms with E-state index < -0.39 is 24.3 Å². The number of ether oxygens (including phenoxy) is 1. The Balaban J connectivity index is 2.42. The second-order valence-corrected chi connectivity index (χ2v) is 5.04. The highest BCUT2D eigenvalue weighted by Gasteiger charge is 2.41. The van der Waals surface area contributed by atoms with Gasteiger partial charge in [0.2, 0.25) is 0 Å². The molecule has 2 rings (SSSR count). The van der Waals surface area contributed by atoms with E-state index in [1.807, 2.05) is 0 Å². The van der Waals surface area contributed by atoms with Crippen LogP contribution in [0, 0.1) is 21.1 Å². The first-order valence-electron chi connectivity index (χ1n) is 5.41. The molecular formula is C10H13FN2O3S2. The molecule has 1 saturated heterocycles. The Morgan fingerprint density at radius 3 is 2.78 bits per heavy atom. The van der Waals surface area contributed by atoms with Crippen molar-refractivity contribution in [3.63, 3.8) is 0 Å². The lowest BCUT2D eigenvalue weighted by atomic mass is 10.0. The Morgan fingerprint density at radius 2 is 2.22 bits per heavy atom. The van der Waals surface area contributed by atoms with Crippen molar-refractivity contribution in [2.24, 2.45) is 5.92 Å². The van der Waals surface area contributed by atoms with E-state index in [0.717, 1.165) is 6.20 Å². The molecule has 0 amide bonds. The Kier molecular flexibility index (Phi) is 3.93. The normalized spacial score (nSPS) is 31.8. The van der Waals surface area contributed by atoms with Crippen LogP contribution in [0.1, 0.15) is 13.2 Å². The van der Waals surface area contributed by atoms with Crippen LogP contribution < -0.4 is 0 Å². The monoisotopic (exact) mass is 292 g/mol. The highest BCUT2D eigenvalue weighted by atomic mass is 32.1. The number of aliphatic hydroxyl groups is 2. The summed E-state index contributed by atoms with van der Waals surface area (Å²) in [5, 5.41) is 18.9. The van der Waals surface area contributed by atoms with Gasteiger partial charge in [0.05, 0.1) is 12.7 Å². The summed E-state index contributed by atoms with van der Waals surface area (Å²) in [7, 11) is 0. The molecule has 3 N–H and O–H groups in total. The molecule has 0 radical (unpaired) electrons. The number of hydrogen-bond donors (Lipinski definition) is 3. The lowest BCUT2D eigenvalue weighted by Gasteiger charge is -2.19. The van der Waals surface area contributed by atoms with Crippen molar-refractivity contribution in [1.82, 2.24) is 9.55 Å². The van der Waals surface area contributed by atoms with Crippen LogP contribution in [0.25, 0.3) is 0 Å².